The molecule has 0 spiro atoms. The zero-order valence-electron chi connectivity index (χ0n) is 15.2. The molecule has 4 rings (SSSR count). The Labute approximate surface area is 166 Å². The Morgan fingerprint density at radius 3 is 2.83 bits per heavy atom. The molecule has 4 N–H and O–H groups in total. The van der Waals surface area contributed by atoms with Crippen LogP contribution in [-0.2, 0) is 25.8 Å². The summed E-state index contributed by atoms with van der Waals surface area (Å²) in [5, 5.41) is 18.2. The highest BCUT2D eigenvalue weighted by atomic mass is 32.2. The van der Waals surface area contributed by atoms with Gasteiger partial charge < -0.3 is 15.2 Å². The van der Waals surface area contributed by atoms with Crippen LogP contribution < -0.4 is 10.5 Å². The zero-order chi connectivity index (χ0) is 20.4. The van der Waals surface area contributed by atoms with Gasteiger partial charge in [0.2, 0.25) is 0 Å². The number of rotatable bonds is 7. The molecule has 3 aromatic rings. The van der Waals surface area contributed by atoms with Crippen LogP contribution in [0.3, 0.4) is 0 Å². The Balaban J connectivity index is 1.50. The lowest BCUT2D eigenvalue weighted by Gasteiger charge is -2.15. The Bertz CT molecular complexity index is 1090. The molecule has 1 fully saturated rings. The van der Waals surface area contributed by atoms with Gasteiger partial charge in [0.05, 0.1) is 19.0 Å². The molecule has 1 aromatic carbocycles. The lowest BCUT2D eigenvalue weighted by molar-refractivity contribution is -0.0371. The number of aromatic nitrogens is 4. The zero-order valence-corrected chi connectivity index (χ0v) is 16.1. The molecule has 29 heavy (non-hydrogen) atoms. The number of aliphatic hydroxyl groups is 1. The van der Waals surface area contributed by atoms with E-state index in [1.165, 1.54) is 6.33 Å². The van der Waals surface area contributed by atoms with E-state index in [4.69, 9.17) is 9.88 Å². The number of fused-ring (bicyclic) bond motifs is 1. The fourth-order valence-electron chi connectivity index (χ4n) is 3.17. The smallest absolute Gasteiger partial charge is 0.333 e. The molecule has 1 unspecified atom stereocenters. The summed E-state index contributed by atoms with van der Waals surface area (Å²) >= 11 is 0. The number of aliphatic hydroxyl groups excluding tert-OH is 1. The summed E-state index contributed by atoms with van der Waals surface area (Å²) in [4.78, 5) is 12.9. The molecule has 0 saturated carbocycles. The van der Waals surface area contributed by atoms with E-state index in [0.717, 1.165) is 5.56 Å². The van der Waals surface area contributed by atoms with Gasteiger partial charge in [-0.05, 0) is 5.56 Å². The monoisotopic (exact) mass is 420 g/mol. The predicted molar refractivity (Wildman–Crippen MR) is 103 cm³/mol. The molecule has 1 saturated heterocycles. The van der Waals surface area contributed by atoms with Crippen molar-refractivity contribution in [1.82, 2.24) is 19.5 Å². The van der Waals surface area contributed by atoms with E-state index < -0.39 is 28.7 Å². The molecule has 12 heteroatoms. The normalized spacial score (nSPS) is 22.2. The number of hydrogen-bond acceptors (Lipinski definition) is 9. The third-order valence-corrected chi connectivity index (χ3v) is 5.04. The average molecular weight is 420 g/mol. The van der Waals surface area contributed by atoms with Crippen molar-refractivity contribution < 1.29 is 22.4 Å². The lowest BCUT2D eigenvalue weighted by atomic mass is 10.2. The van der Waals surface area contributed by atoms with Gasteiger partial charge in [-0.1, -0.05) is 30.3 Å². The standard InChI is InChI=1S/C17H20N6O5S/c18-29(25,26)27-8-13-12(24)6-14(28-13)23-10-22-15-16(20-9-21-17(15)23)19-7-11-4-2-1-3-5-11/h1-5,9-10,12-14,24H,6-8H2,(H2,18,25,26)(H,19,20,21)/t12-,13-,14?/m0/s1. The molecule has 0 radical (unpaired) electrons. The molecule has 3 atom stereocenters. The van der Waals surface area contributed by atoms with Crippen molar-refractivity contribution in [2.45, 2.75) is 31.4 Å². The highest BCUT2D eigenvalue weighted by Crippen LogP contribution is 2.32. The van der Waals surface area contributed by atoms with Crippen LogP contribution >= 0.6 is 0 Å². The summed E-state index contributed by atoms with van der Waals surface area (Å²) in [6.45, 7) is 0.202. The largest absolute Gasteiger partial charge is 0.390 e. The SMILES string of the molecule is NS(=O)(=O)OC[C@@H]1OC(n2cnc3c(NCc4ccccc4)ncnc32)C[C@@H]1O. The summed E-state index contributed by atoms with van der Waals surface area (Å²) in [7, 11) is -4.11. The van der Waals surface area contributed by atoms with Gasteiger partial charge in [-0.2, -0.15) is 8.42 Å². The molecule has 0 bridgehead atoms. The first-order chi connectivity index (χ1) is 13.9. The van der Waals surface area contributed by atoms with Gasteiger partial charge in [-0.3, -0.25) is 8.75 Å². The quantitative estimate of drug-likeness (QED) is 0.489. The van der Waals surface area contributed by atoms with Gasteiger partial charge in [0.25, 0.3) is 0 Å². The second-order valence-corrected chi connectivity index (χ2v) is 7.82. The average Bonchev–Trinajstić information content (AvgIpc) is 3.28. The van der Waals surface area contributed by atoms with Gasteiger partial charge >= 0.3 is 10.3 Å². The molecule has 1 aliphatic heterocycles. The number of imidazole rings is 1. The number of nitrogens with one attached hydrogen (secondary N) is 1. The first-order valence-electron chi connectivity index (χ1n) is 8.87. The minimum Gasteiger partial charge on any atom is -0.390 e. The number of ether oxygens (including phenoxy) is 1. The van der Waals surface area contributed by atoms with E-state index in [2.05, 4.69) is 24.5 Å². The Kier molecular flexibility index (Phi) is 5.43. The summed E-state index contributed by atoms with van der Waals surface area (Å²) < 4.78 is 33.9. The highest BCUT2D eigenvalue weighted by molar-refractivity contribution is 7.84. The van der Waals surface area contributed by atoms with Crippen LogP contribution in [0.15, 0.2) is 43.0 Å². The number of anilines is 1. The van der Waals surface area contributed by atoms with E-state index in [0.29, 0.717) is 23.5 Å². The second-order valence-electron chi connectivity index (χ2n) is 6.60. The molecule has 1 aliphatic rings. The third kappa shape index (κ3) is 4.52. The van der Waals surface area contributed by atoms with Crippen molar-refractivity contribution in [2.24, 2.45) is 5.14 Å². The number of nitrogens with zero attached hydrogens (tertiary/aromatic N) is 4. The Hall–Kier alpha value is -2.64. The topological polar surface area (TPSA) is 154 Å². The fourth-order valence-corrected chi connectivity index (χ4v) is 3.50. The number of hydrogen-bond donors (Lipinski definition) is 3. The number of nitrogens with two attached hydrogens (primary N) is 1. The van der Waals surface area contributed by atoms with Gasteiger partial charge in [0, 0.05) is 13.0 Å². The fraction of sp³-hybridized carbons (Fsp3) is 0.353. The highest BCUT2D eigenvalue weighted by Gasteiger charge is 2.36. The van der Waals surface area contributed by atoms with Gasteiger partial charge in [0.15, 0.2) is 17.0 Å². The van der Waals surface area contributed by atoms with Crippen LogP contribution in [0.2, 0.25) is 0 Å². The third-order valence-electron chi connectivity index (χ3n) is 4.57. The van der Waals surface area contributed by atoms with Crippen molar-refractivity contribution in [3.05, 3.63) is 48.5 Å². The second kappa shape index (κ2) is 8.00. The van der Waals surface area contributed by atoms with Gasteiger partial charge in [-0.25, -0.2) is 20.1 Å². The predicted octanol–water partition coefficient (Wildman–Crippen LogP) is 0.307. The van der Waals surface area contributed by atoms with Crippen molar-refractivity contribution in [3.63, 3.8) is 0 Å². The van der Waals surface area contributed by atoms with Crippen LogP contribution in [-0.4, -0.2) is 51.9 Å². The summed E-state index contributed by atoms with van der Waals surface area (Å²) in [6, 6.07) is 9.87. The van der Waals surface area contributed by atoms with Crippen molar-refractivity contribution >= 4 is 27.3 Å². The van der Waals surface area contributed by atoms with Crippen LogP contribution in [0, 0.1) is 0 Å². The van der Waals surface area contributed by atoms with Crippen LogP contribution in [0.4, 0.5) is 5.82 Å². The number of benzene rings is 1. The Morgan fingerprint density at radius 2 is 2.07 bits per heavy atom. The van der Waals surface area contributed by atoms with Gasteiger partial charge in [0.1, 0.15) is 18.7 Å². The van der Waals surface area contributed by atoms with Crippen molar-refractivity contribution in [1.29, 1.82) is 0 Å². The van der Waals surface area contributed by atoms with E-state index >= 15 is 0 Å². The maximum Gasteiger partial charge on any atom is 0.333 e. The summed E-state index contributed by atoms with van der Waals surface area (Å²) in [5.74, 6) is 0.574. The minimum absolute atomic E-state index is 0.223. The molecule has 154 valence electrons. The van der Waals surface area contributed by atoms with Gasteiger partial charge in [-0.15, -0.1) is 0 Å². The molecule has 0 aliphatic carbocycles. The summed E-state index contributed by atoms with van der Waals surface area (Å²) in [5.41, 5.74) is 2.19. The van der Waals surface area contributed by atoms with Crippen LogP contribution in [0.25, 0.3) is 11.2 Å². The van der Waals surface area contributed by atoms with Crippen molar-refractivity contribution in [2.75, 3.05) is 11.9 Å². The van der Waals surface area contributed by atoms with E-state index in [-0.39, 0.29) is 13.0 Å². The molecule has 0 amide bonds. The van der Waals surface area contributed by atoms with Crippen LogP contribution in [0.1, 0.15) is 18.2 Å². The molecule has 3 heterocycles. The Morgan fingerprint density at radius 1 is 1.28 bits per heavy atom. The van der Waals surface area contributed by atoms with E-state index in [1.54, 1.807) is 10.9 Å². The van der Waals surface area contributed by atoms with E-state index in [9.17, 15) is 13.5 Å². The maximum absolute atomic E-state index is 11.0. The maximum atomic E-state index is 11.0. The minimum atomic E-state index is -4.11. The molecular weight excluding hydrogens is 400 g/mol. The summed E-state index contributed by atoms with van der Waals surface area (Å²) in [6.07, 6.45) is 0.848. The van der Waals surface area contributed by atoms with Crippen LogP contribution in [0.5, 0.6) is 0 Å². The lowest BCUT2D eigenvalue weighted by Crippen LogP contribution is -2.30. The first-order valence-corrected chi connectivity index (χ1v) is 10.3. The molecule has 11 nitrogen and oxygen atoms in total. The van der Waals surface area contributed by atoms with Crippen molar-refractivity contribution in [3.8, 4) is 0 Å². The molecular formula is C17H20N6O5S. The molecule has 2 aromatic heterocycles. The van der Waals surface area contributed by atoms with E-state index in [1.807, 2.05) is 30.3 Å². The first kappa shape index (κ1) is 19.7.